The van der Waals surface area contributed by atoms with E-state index in [0.717, 1.165) is 18.9 Å². The standard InChI is InChI=1S/C15H23N3O/c19-11-14-7-3-4-8-18(14)15-16-9-13(10-17-15)12-5-1-2-6-12/h9-10,12,14,19H,1-8,11H2. The van der Waals surface area contributed by atoms with Crippen LogP contribution in [-0.2, 0) is 0 Å². The lowest BCUT2D eigenvalue weighted by Crippen LogP contribution is -2.42. The minimum atomic E-state index is 0.200. The molecule has 1 unspecified atom stereocenters. The van der Waals surface area contributed by atoms with Gasteiger partial charge in [0.1, 0.15) is 0 Å². The van der Waals surface area contributed by atoms with Crippen molar-refractivity contribution in [1.82, 2.24) is 9.97 Å². The van der Waals surface area contributed by atoms with E-state index in [2.05, 4.69) is 14.9 Å². The highest BCUT2D eigenvalue weighted by molar-refractivity contribution is 5.33. The summed E-state index contributed by atoms with van der Waals surface area (Å²) in [7, 11) is 0. The predicted molar refractivity (Wildman–Crippen MR) is 75.3 cm³/mol. The Morgan fingerprint density at radius 3 is 2.42 bits per heavy atom. The molecule has 104 valence electrons. The normalized spacial score (nSPS) is 24.9. The molecule has 2 aliphatic rings. The molecule has 3 rings (SSSR count). The number of aromatic nitrogens is 2. The second-order valence-corrected chi connectivity index (χ2v) is 5.82. The Balaban J connectivity index is 1.73. The summed E-state index contributed by atoms with van der Waals surface area (Å²) in [4.78, 5) is 11.3. The molecule has 19 heavy (non-hydrogen) atoms. The molecule has 1 aromatic heterocycles. The number of hydrogen-bond acceptors (Lipinski definition) is 4. The smallest absolute Gasteiger partial charge is 0.225 e. The average molecular weight is 261 g/mol. The Bertz CT molecular complexity index is 400. The van der Waals surface area contributed by atoms with Gasteiger partial charge in [-0.25, -0.2) is 9.97 Å². The number of hydrogen-bond donors (Lipinski definition) is 1. The molecule has 1 saturated carbocycles. The van der Waals surface area contributed by atoms with Crippen LogP contribution in [0.4, 0.5) is 5.95 Å². The highest BCUT2D eigenvalue weighted by Gasteiger charge is 2.24. The van der Waals surface area contributed by atoms with Gasteiger partial charge < -0.3 is 10.0 Å². The van der Waals surface area contributed by atoms with Crippen molar-refractivity contribution in [2.75, 3.05) is 18.1 Å². The minimum absolute atomic E-state index is 0.200. The van der Waals surface area contributed by atoms with Crippen molar-refractivity contribution < 1.29 is 5.11 Å². The molecule has 0 bridgehead atoms. The maximum Gasteiger partial charge on any atom is 0.225 e. The first-order chi connectivity index (χ1) is 9.38. The number of aliphatic hydroxyl groups is 1. The van der Waals surface area contributed by atoms with Crippen LogP contribution in [0.15, 0.2) is 12.4 Å². The van der Waals surface area contributed by atoms with Crippen LogP contribution in [0.2, 0.25) is 0 Å². The first kappa shape index (κ1) is 12.9. The largest absolute Gasteiger partial charge is 0.394 e. The van der Waals surface area contributed by atoms with Crippen LogP contribution in [-0.4, -0.2) is 34.3 Å². The van der Waals surface area contributed by atoms with Gasteiger partial charge in [0.05, 0.1) is 12.6 Å². The molecule has 0 radical (unpaired) electrons. The Labute approximate surface area is 114 Å². The summed E-state index contributed by atoms with van der Waals surface area (Å²) in [6.45, 7) is 1.17. The zero-order valence-electron chi connectivity index (χ0n) is 11.5. The molecule has 0 spiro atoms. The molecule has 1 N–H and O–H groups in total. The number of aliphatic hydroxyl groups excluding tert-OH is 1. The molecular weight excluding hydrogens is 238 g/mol. The van der Waals surface area contributed by atoms with Crippen LogP contribution < -0.4 is 4.90 Å². The molecule has 1 aliphatic heterocycles. The summed E-state index contributed by atoms with van der Waals surface area (Å²) < 4.78 is 0. The summed E-state index contributed by atoms with van der Waals surface area (Å²) in [6, 6.07) is 0.200. The summed E-state index contributed by atoms with van der Waals surface area (Å²) in [6.07, 6.45) is 12.7. The third kappa shape index (κ3) is 2.73. The lowest BCUT2D eigenvalue weighted by molar-refractivity contribution is 0.239. The van der Waals surface area contributed by atoms with Gasteiger partial charge in [-0.05, 0) is 43.6 Å². The third-order valence-corrected chi connectivity index (χ3v) is 4.58. The van der Waals surface area contributed by atoms with Gasteiger partial charge in [-0.1, -0.05) is 12.8 Å². The van der Waals surface area contributed by atoms with Crippen molar-refractivity contribution in [3.8, 4) is 0 Å². The van der Waals surface area contributed by atoms with E-state index in [1.165, 1.54) is 44.1 Å². The molecule has 1 atom stereocenters. The van der Waals surface area contributed by atoms with Gasteiger partial charge in [-0.15, -0.1) is 0 Å². The SMILES string of the molecule is OCC1CCCCN1c1ncc(C2CCCC2)cn1. The van der Waals surface area contributed by atoms with Crippen molar-refractivity contribution in [2.45, 2.75) is 56.9 Å². The number of anilines is 1. The van der Waals surface area contributed by atoms with Gasteiger partial charge in [0.15, 0.2) is 0 Å². The van der Waals surface area contributed by atoms with E-state index >= 15 is 0 Å². The van der Waals surface area contributed by atoms with Crippen molar-refractivity contribution in [3.05, 3.63) is 18.0 Å². The van der Waals surface area contributed by atoms with Crippen LogP contribution in [0.25, 0.3) is 0 Å². The fraction of sp³-hybridized carbons (Fsp3) is 0.733. The van der Waals surface area contributed by atoms with Gasteiger partial charge in [-0.3, -0.25) is 0 Å². The molecule has 4 heteroatoms. The fourth-order valence-corrected chi connectivity index (χ4v) is 3.40. The average Bonchev–Trinajstić information content (AvgIpc) is 3.02. The highest BCUT2D eigenvalue weighted by atomic mass is 16.3. The molecule has 1 aliphatic carbocycles. The Hall–Kier alpha value is -1.16. The quantitative estimate of drug-likeness (QED) is 0.908. The summed E-state index contributed by atoms with van der Waals surface area (Å²) >= 11 is 0. The maximum atomic E-state index is 9.45. The van der Waals surface area contributed by atoms with Crippen molar-refractivity contribution in [3.63, 3.8) is 0 Å². The predicted octanol–water partition coefficient (Wildman–Crippen LogP) is 2.49. The second kappa shape index (κ2) is 5.87. The lowest BCUT2D eigenvalue weighted by atomic mass is 10.0. The molecule has 1 saturated heterocycles. The Kier molecular flexibility index (Phi) is 3.97. The molecular formula is C15H23N3O. The van der Waals surface area contributed by atoms with Crippen LogP contribution in [0, 0.1) is 0 Å². The first-order valence-electron chi connectivity index (χ1n) is 7.58. The Morgan fingerprint density at radius 1 is 1.05 bits per heavy atom. The van der Waals surface area contributed by atoms with E-state index in [1.807, 2.05) is 12.4 Å². The van der Waals surface area contributed by atoms with Gasteiger partial charge in [-0.2, -0.15) is 0 Å². The van der Waals surface area contributed by atoms with Gasteiger partial charge in [0.25, 0.3) is 0 Å². The monoisotopic (exact) mass is 261 g/mol. The van der Waals surface area contributed by atoms with E-state index in [9.17, 15) is 5.11 Å². The third-order valence-electron chi connectivity index (χ3n) is 4.58. The van der Waals surface area contributed by atoms with Crippen LogP contribution in [0.1, 0.15) is 56.4 Å². The Morgan fingerprint density at radius 2 is 1.74 bits per heavy atom. The van der Waals surface area contributed by atoms with Crippen LogP contribution in [0.5, 0.6) is 0 Å². The summed E-state index contributed by atoms with van der Waals surface area (Å²) in [5.74, 6) is 1.46. The van der Waals surface area contributed by atoms with Gasteiger partial charge >= 0.3 is 0 Å². The zero-order chi connectivity index (χ0) is 13.1. The van der Waals surface area contributed by atoms with Gasteiger partial charge in [0.2, 0.25) is 5.95 Å². The van der Waals surface area contributed by atoms with Crippen LogP contribution in [0.3, 0.4) is 0 Å². The van der Waals surface area contributed by atoms with Crippen molar-refractivity contribution in [2.24, 2.45) is 0 Å². The number of piperidine rings is 1. The fourth-order valence-electron chi connectivity index (χ4n) is 3.40. The van der Waals surface area contributed by atoms with E-state index < -0.39 is 0 Å². The van der Waals surface area contributed by atoms with Crippen molar-refractivity contribution in [1.29, 1.82) is 0 Å². The molecule has 2 fully saturated rings. The number of nitrogens with zero attached hydrogens (tertiary/aromatic N) is 3. The molecule has 4 nitrogen and oxygen atoms in total. The van der Waals surface area contributed by atoms with E-state index in [-0.39, 0.29) is 12.6 Å². The molecule has 0 amide bonds. The zero-order valence-corrected chi connectivity index (χ0v) is 11.5. The van der Waals surface area contributed by atoms with Crippen LogP contribution >= 0.6 is 0 Å². The van der Waals surface area contributed by atoms with Crippen molar-refractivity contribution >= 4 is 5.95 Å². The highest BCUT2D eigenvalue weighted by Crippen LogP contribution is 2.33. The minimum Gasteiger partial charge on any atom is -0.394 e. The lowest BCUT2D eigenvalue weighted by Gasteiger charge is -2.34. The number of rotatable bonds is 3. The maximum absolute atomic E-state index is 9.45. The molecule has 2 heterocycles. The second-order valence-electron chi connectivity index (χ2n) is 5.82. The van der Waals surface area contributed by atoms with E-state index in [0.29, 0.717) is 5.92 Å². The van der Waals surface area contributed by atoms with E-state index in [1.54, 1.807) is 0 Å². The first-order valence-corrected chi connectivity index (χ1v) is 7.58. The molecule has 0 aromatic carbocycles. The van der Waals surface area contributed by atoms with E-state index in [4.69, 9.17) is 0 Å². The topological polar surface area (TPSA) is 49.2 Å². The summed E-state index contributed by atoms with van der Waals surface area (Å²) in [5.41, 5.74) is 1.29. The molecule has 1 aromatic rings. The van der Waals surface area contributed by atoms with Gasteiger partial charge in [0, 0.05) is 18.9 Å². The summed E-state index contributed by atoms with van der Waals surface area (Å²) in [5, 5.41) is 9.45.